The maximum atomic E-state index is 12.8. The molecule has 1 amide bonds. The van der Waals surface area contributed by atoms with Gasteiger partial charge in [0, 0.05) is 16.9 Å². The van der Waals surface area contributed by atoms with Crippen molar-refractivity contribution in [1.29, 1.82) is 0 Å². The molecule has 6 nitrogen and oxygen atoms in total. The lowest BCUT2D eigenvalue weighted by Gasteiger charge is -2.11. The van der Waals surface area contributed by atoms with Crippen LogP contribution in [-0.4, -0.2) is 21.4 Å². The molecule has 0 saturated carbocycles. The molecule has 3 aromatic carbocycles. The monoisotopic (exact) mass is 450 g/mol. The zero-order chi connectivity index (χ0) is 22.6. The van der Waals surface area contributed by atoms with Gasteiger partial charge >= 0.3 is 6.18 Å². The summed E-state index contributed by atoms with van der Waals surface area (Å²) in [4.78, 5) is 12.3. The molecule has 0 aliphatic heterocycles. The SMILES string of the molecule is COc1ccc(NS(=O)(=O)c2cccc(C(=O)Nc3cccc(C(F)(F)F)c3)c2)cc1. The Labute approximate surface area is 176 Å². The number of amides is 1. The van der Waals surface area contributed by atoms with E-state index in [1.54, 1.807) is 12.1 Å². The van der Waals surface area contributed by atoms with E-state index in [-0.39, 0.29) is 16.1 Å². The molecule has 0 aromatic heterocycles. The Bertz CT molecular complexity index is 1190. The van der Waals surface area contributed by atoms with Gasteiger partial charge in [-0.25, -0.2) is 8.42 Å². The quantitative estimate of drug-likeness (QED) is 0.567. The number of anilines is 2. The van der Waals surface area contributed by atoms with Crippen LogP contribution < -0.4 is 14.8 Å². The third kappa shape index (κ3) is 5.54. The number of hydrogen-bond donors (Lipinski definition) is 2. The normalized spacial score (nSPS) is 11.6. The van der Waals surface area contributed by atoms with Gasteiger partial charge < -0.3 is 10.1 Å². The molecule has 0 heterocycles. The van der Waals surface area contributed by atoms with Crippen molar-refractivity contribution in [2.24, 2.45) is 0 Å². The van der Waals surface area contributed by atoms with Gasteiger partial charge in [0.1, 0.15) is 5.75 Å². The van der Waals surface area contributed by atoms with Crippen molar-refractivity contribution in [2.75, 3.05) is 17.1 Å². The Hall–Kier alpha value is -3.53. The minimum absolute atomic E-state index is 0.0324. The Morgan fingerprint density at radius 1 is 0.903 bits per heavy atom. The minimum atomic E-state index is -4.55. The van der Waals surface area contributed by atoms with E-state index in [4.69, 9.17) is 4.74 Å². The summed E-state index contributed by atoms with van der Waals surface area (Å²) in [5.41, 5.74) is -0.718. The van der Waals surface area contributed by atoms with Crippen molar-refractivity contribution in [2.45, 2.75) is 11.1 Å². The summed E-state index contributed by atoms with van der Waals surface area (Å²) in [6, 6.07) is 15.5. The summed E-state index contributed by atoms with van der Waals surface area (Å²) in [7, 11) is -2.53. The second-order valence-electron chi connectivity index (χ2n) is 6.39. The zero-order valence-electron chi connectivity index (χ0n) is 16.1. The third-order valence-corrected chi connectivity index (χ3v) is 5.58. The second kappa shape index (κ2) is 8.68. The molecule has 0 aliphatic rings. The highest BCUT2D eigenvalue weighted by Crippen LogP contribution is 2.30. The molecule has 0 aliphatic carbocycles. The molecule has 0 unspecified atom stereocenters. The van der Waals surface area contributed by atoms with Crippen molar-refractivity contribution < 1.29 is 31.1 Å². The van der Waals surface area contributed by atoms with Crippen molar-refractivity contribution in [1.82, 2.24) is 0 Å². The van der Waals surface area contributed by atoms with Crippen molar-refractivity contribution in [3.05, 3.63) is 83.9 Å². The van der Waals surface area contributed by atoms with E-state index >= 15 is 0 Å². The highest BCUT2D eigenvalue weighted by Gasteiger charge is 2.30. The smallest absolute Gasteiger partial charge is 0.416 e. The second-order valence-corrected chi connectivity index (χ2v) is 8.08. The van der Waals surface area contributed by atoms with Crippen LogP contribution in [0.25, 0.3) is 0 Å². The van der Waals surface area contributed by atoms with Gasteiger partial charge in [0.05, 0.1) is 17.6 Å². The molecule has 10 heteroatoms. The van der Waals surface area contributed by atoms with Crippen LogP contribution in [0, 0.1) is 0 Å². The van der Waals surface area contributed by atoms with E-state index in [1.807, 2.05) is 0 Å². The molecule has 0 spiro atoms. The molecule has 3 rings (SSSR count). The van der Waals surface area contributed by atoms with Crippen LogP contribution >= 0.6 is 0 Å². The van der Waals surface area contributed by atoms with Crippen molar-refractivity contribution >= 4 is 27.3 Å². The molecule has 0 saturated heterocycles. The highest BCUT2D eigenvalue weighted by atomic mass is 32.2. The largest absolute Gasteiger partial charge is 0.497 e. The van der Waals surface area contributed by atoms with Crippen LogP contribution in [-0.2, 0) is 16.2 Å². The van der Waals surface area contributed by atoms with Crippen LogP contribution in [0.1, 0.15) is 15.9 Å². The summed E-state index contributed by atoms with van der Waals surface area (Å²) in [5.74, 6) is -0.197. The summed E-state index contributed by atoms with van der Waals surface area (Å²) in [6.07, 6.45) is -4.55. The van der Waals surface area contributed by atoms with Gasteiger partial charge in [-0.2, -0.15) is 13.2 Å². The number of halogens is 3. The molecular formula is C21H17F3N2O4S. The van der Waals surface area contributed by atoms with Crippen LogP contribution in [0.2, 0.25) is 0 Å². The number of methoxy groups -OCH3 is 1. The Morgan fingerprint density at radius 3 is 2.23 bits per heavy atom. The molecule has 0 bridgehead atoms. The van der Waals surface area contributed by atoms with E-state index in [9.17, 15) is 26.4 Å². The van der Waals surface area contributed by atoms with Crippen LogP contribution in [0.4, 0.5) is 24.5 Å². The third-order valence-electron chi connectivity index (χ3n) is 4.20. The van der Waals surface area contributed by atoms with E-state index in [1.165, 1.54) is 43.5 Å². The number of carbonyl (C=O) groups excluding carboxylic acids is 1. The lowest BCUT2D eigenvalue weighted by atomic mass is 10.1. The molecule has 162 valence electrons. The predicted molar refractivity (Wildman–Crippen MR) is 110 cm³/mol. The van der Waals surface area contributed by atoms with Crippen LogP contribution in [0.3, 0.4) is 0 Å². The number of carbonyl (C=O) groups is 1. The lowest BCUT2D eigenvalue weighted by Crippen LogP contribution is -2.16. The predicted octanol–water partition coefficient (Wildman–Crippen LogP) is 4.77. The average molecular weight is 450 g/mol. The van der Waals surface area contributed by atoms with Crippen molar-refractivity contribution in [3.63, 3.8) is 0 Å². The number of sulfonamides is 1. The number of ether oxygens (including phenoxy) is 1. The molecule has 31 heavy (non-hydrogen) atoms. The first kappa shape index (κ1) is 22.2. The molecule has 3 aromatic rings. The molecule has 0 atom stereocenters. The molecule has 0 fully saturated rings. The van der Waals surface area contributed by atoms with Crippen LogP contribution in [0.15, 0.2) is 77.7 Å². The molecule has 2 N–H and O–H groups in total. The fraction of sp³-hybridized carbons (Fsp3) is 0.0952. The van der Waals surface area contributed by atoms with E-state index in [0.717, 1.165) is 24.3 Å². The fourth-order valence-electron chi connectivity index (χ4n) is 2.65. The number of alkyl halides is 3. The number of rotatable bonds is 6. The first-order valence-corrected chi connectivity index (χ1v) is 10.3. The number of nitrogens with one attached hydrogen (secondary N) is 2. The highest BCUT2D eigenvalue weighted by molar-refractivity contribution is 7.92. The van der Waals surface area contributed by atoms with Gasteiger partial charge in [-0.1, -0.05) is 12.1 Å². The maximum Gasteiger partial charge on any atom is 0.416 e. The summed E-state index contributed by atoms with van der Waals surface area (Å²) in [6.45, 7) is 0. The van der Waals surface area contributed by atoms with Gasteiger partial charge in [-0.05, 0) is 60.7 Å². The van der Waals surface area contributed by atoms with Crippen molar-refractivity contribution in [3.8, 4) is 5.75 Å². The van der Waals surface area contributed by atoms with E-state index in [2.05, 4.69) is 10.0 Å². The Balaban J connectivity index is 1.79. The first-order valence-electron chi connectivity index (χ1n) is 8.84. The molecule has 0 radical (unpaired) electrons. The van der Waals surface area contributed by atoms with Gasteiger partial charge in [0.25, 0.3) is 15.9 Å². The average Bonchev–Trinajstić information content (AvgIpc) is 2.74. The van der Waals surface area contributed by atoms with Gasteiger partial charge in [-0.15, -0.1) is 0 Å². The first-order chi connectivity index (χ1) is 14.6. The standard InChI is InChI=1S/C21H17F3N2O4S/c1-30-18-10-8-16(9-11-18)26-31(28,29)19-7-2-4-14(12-19)20(27)25-17-6-3-5-15(13-17)21(22,23)24/h2-13,26H,1H3,(H,25,27). The zero-order valence-corrected chi connectivity index (χ0v) is 16.9. The minimum Gasteiger partial charge on any atom is -0.497 e. The van der Waals surface area contributed by atoms with E-state index in [0.29, 0.717) is 11.4 Å². The number of benzene rings is 3. The van der Waals surface area contributed by atoms with E-state index < -0.39 is 27.7 Å². The van der Waals surface area contributed by atoms with Gasteiger partial charge in [0.15, 0.2) is 0 Å². The topological polar surface area (TPSA) is 84.5 Å². The Morgan fingerprint density at radius 2 is 1.58 bits per heavy atom. The summed E-state index contributed by atoms with van der Waals surface area (Å²) < 4.78 is 71.2. The summed E-state index contributed by atoms with van der Waals surface area (Å²) in [5, 5.41) is 2.34. The summed E-state index contributed by atoms with van der Waals surface area (Å²) >= 11 is 0. The lowest BCUT2D eigenvalue weighted by molar-refractivity contribution is -0.137. The molecular weight excluding hydrogens is 433 g/mol. The maximum absolute atomic E-state index is 12.8. The van der Waals surface area contributed by atoms with Gasteiger partial charge in [0.2, 0.25) is 0 Å². The van der Waals surface area contributed by atoms with Crippen LogP contribution in [0.5, 0.6) is 5.75 Å². The number of hydrogen-bond acceptors (Lipinski definition) is 4. The van der Waals surface area contributed by atoms with Gasteiger partial charge in [-0.3, -0.25) is 9.52 Å². The fourth-order valence-corrected chi connectivity index (χ4v) is 3.76. The Kier molecular flexibility index (Phi) is 6.21.